The Hall–Kier alpha value is -2.34. The van der Waals surface area contributed by atoms with Gasteiger partial charge < -0.3 is 10.2 Å². The van der Waals surface area contributed by atoms with Gasteiger partial charge in [0.25, 0.3) is 0 Å². The number of rotatable bonds is 6. The van der Waals surface area contributed by atoms with Gasteiger partial charge in [0.05, 0.1) is 23.3 Å². The Morgan fingerprint density at radius 2 is 0.621 bits per heavy atom. The lowest BCUT2D eigenvalue weighted by molar-refractivity contribution is 0.123. The summed E-state index contributed by atoms with van der Waals surface area (Å²) in [6.45, 7) is 0. The predicted molar refractivity (Wildman–Crippen MR) is 76.2 cm³/mol. The highest BCUT2D eigenvalue weighted by Crippen LogP contribution is 2.33. The highest BCUT2D eigenvalue weighted by atomic mass is 19.2. The summed E-state index contributed by atoms with van der Waals surface area (Å²) in [6.07, 6.45) is -6.65. The summed E-state index contributed by atoms with van der Waals surface area (Å²) in [5, 5.41) is 19.4. The zero-order valence-electron chi connectivity index (χ0n) is 14.0. The SMILES string of the molecule is O[C@H](CCC[C@H](O)c1c(F)c(F)c(F)c(F)c1F)c1c(F)c(F)c(F)c(F)c1F. The summed E-state index contributed by atoms with van der Waals surface area (Å²) in [6, 6.07) is 0. The molecule has 0 aliphatic rings. The van der Waals surface area contributed by atoms with Crippen LogP contribution in [0.2, 0.25) is 0 Å². The van der Waals surface area contributed by atoms with Gasteiger partial charge in [-0.25, -0.2) is 43.9 Å². The molecule has 2 aromatic rings. The third-order valence-electron chi connectivity index (χ3n) is 4.11. The first-order chi connectivity index (χ1) is 13.4. The minimum absolute atomic E-state index is 0.554. The second kappa shape index (κ2) is 8.57. The maximum atomic E-state index is 13.6. The van der Waals surface area contributed by atoms with Gasteiger partial charge in [-0.3, -0.25) is 0 Å². The van der Waals surface area contributed by atoms with Crippen LogP contribution in [0.25, 0.3) is 0 Å². The third kappa shape index (κ3) is 4.04. The molecule has 2 rings (SSSR count). The first kappa shape index (κ1) is 22.9. The van der Waals surface area contributed by atoms with Crippen molar-refractivity contribution < 1.29 is 54.1 Å². The number of halogens is 10. The molecule has 2 atom stereocenters. The summed E-state index contributed by atoms with van der Waals surface area (Å²) >= 11 is 0. The summed E-state index contributed by atoms with van der Waals surface area (Å²) in [4.78, 5) is 0. The third-order valence-corrected chi connectivity index (χ3v) is 4.11. The minimum Gasteiger partial charge on any atom is -0.388 e. The molecule has 0 aliphatic heterocycles. The number of benzene rings is 2. The van der Waals surface area contributed by atoms with E-state index in [4.69, 9.17) is 0 Å². The summed E-state index contributed by atoms with van der Waals surface area (Å²) in [5.41, 5.74) is -3.13. The van der Waals surface area contributed by atoms with E-state index in [0.29, 0.717) is 0 Å². The molecule has 12 heteroatoms. The fraction of sp³-hybridized carbons (Fsp3) is 0.294. The van der Waals surface area contributed by atoms with Crippen molar-refractivity contribution in [3.05, 3.63) is 69.3 Å². The molecule has 0 aliphatic carbocycles. The Morgan fingerprint density at radius 1 is 0.414 bits per heavy atom. The van der Waals surface area contributed by atoms with Crippen LogP contribution >= 0.6 is 0 Å². The van der Waals surface area contributed by atoms with Crippen LogP contribution in [0, 0.1) is 58.2 Å². The van der Waals surface area contributed by atoms with Crippen molar-refractivity contribution in [2.45, 2.75) is 31.5 Å². The van der Waals surface area contributed by atoms with Crippen LogP contribution in [-0.2, 0) is 0 Å². The van der Waals surface area contributed by atoms with Gasteiger partial charge in [-0.15, -0.1) is 0 Å². The second-order valence-electron chi connectivity index (χ2n) is 5.93. The number of hydrogen-bond acceptors (Lipinski definition) is 2. The van der Waals surface area contributed by atoms with Crippen molar-refractivity contribution in [3.63, 3.8) is 0 Å². The van der Waals surface area contributed by atoms with E-state index in [0.717, 1.165) is 0 Å². The van der Waals surface area contributed by atoms with Crippen molar-refractivity contribution in [1.29, 1.82) is 0 Å². The highest BCUT2D eigenvalue weighted by molar-refractivity contribution is 5.27. The lowest BCUT2D eigenvalue weighted by Crippen LogP contribution is -2.13. The maximum absolute atomic E-state index is 13.6. The fourth-order valence-electron chi connectivity index (χ4n) is 2.62. The van der Waals surface area contributed by atoms with E-state index in [-0.39, 0.29) is 0 Å². The van der Waals surface area contributed by atoms with Crippen LogP contribution in [0.5, 0.6) is 0 Å². The van der Waals surface area contributed by atoms with Gasteiger partial charge in [-0.05, 0) is 19.3 Å². The quantitative estimate of drug-likeness (QED) is 0.380. The molecule has 0 saturated heterocycles. The van der Waals surface area contributed by atoms with Crippen molar-refractivity contribution in [3.8, 4) is 0 Å². The Kier molecular flexibility index (Phi) is 6.78. The molecule has 2 N–H and O–H groups in total. The molecule has 0 bridgehead atoms. The average molecular weight is 436 g/mol. The molecule has 0 radical (unpaired) electrons. The monoisotopic (exact) mass is 436 g/mol. The van der Waals surface area contributed by atoms with Crippen LogP contribution in [0.3, 0.4) is 0 Å². The normalized spacial score (nSPS) is 13.7. The molecule has 0 saturated carbocycles. The van der Waals surface area contributed by atoms with Crippen LogP contribution in [-0.4, -0.2) is 10.2 Å². The van der Waals surface area contributed by atoms with Gasteiger partial charge in [0.15, 0.2) is 46.5 Å². The molecular formula is C17H10F10O2. The molecule has 0 aromatic heterocycles. The summed E-state index contributed by atoms with van der Waals surface area (Å²) < 4.78 is 133. The van der Waals surface area contributed by atoms with E-state index in [1.807, 2.05) is 0 Å². The molecule has 29 heavy (non-hydrogen) atoms. The van der Waals surface area contributed by atoms with E-state index in [1.54, 1.807) is 0 Å². The van der Waals surface area contributed by atoms with Gasteiger partial charge in [-0.1, -0.05) is 0 Å². The van der Waals surface area contributed by atoms with Gasteiger partial charge in [0.1, 0.15) is 0 Å². The van der Waals surface area contributed by atoms with Gasteiger partial charge in [0, 0.05) is 0 Å². The topological polar surface area (TPSA) is 40.5 Å². The van der Waals surface area contributed by atoms with E-state index in [2.05, 4.69) is 0 Å². The summed E-state index contributed by atoms with van der Waals surface area (Å²) in [5.74, 6) is -23.3. The largest absolute Gasteiger partial charge is 0.388 e. The molecule has 0 amide bonds. The Labute approximate surface area is 156 Å². The maximum Gasteiger partial charge on any atom is 0.200 e. The average Bonchev–Trinajstić information content (AvgIpc) is 2.68. The zero-order valence-corrected chi connectivity index (χ0v) is 14.0. The van der Waals surface area contributed by atoms with E-state index in [9.17, 15) is 54.1 Å². The zero-order chi connectivity index (χ0) is 22.2. The van der Waals surface area contributed by atoms with E-state index >= 15 is 0 Å². The molecule has 2 aromatic carbocycles. The van der Waals surface area contributed by atoms with Gasteiger partial charge in [0.2, 0.25) is 11.6 Å². The lowest BCUT2D eigenvalue weighted by atomic mass is 9.97. The molecular weight excluding hydrogens is 426 g/mol. The lowest BCUT2D eigenvalue weighted by Gasteiger charge is -2.17. The molecule has 0 heterocycles. The molecule has 2 nitrogen and oxygen atoms in total. The Morgan fingerprint density at radius 3 is 0.862 bits per heavy atom. The Balaban J connectivity index is 2.18. The number of aliphatic hydroxyl groups excluding tert-OH is 2. The van der Waals surface area contributed by atoms with Crippen molar-refractivity contribution >= 4 is 0 Å². The molecule has 0 fully saturated rings. The van der Waals surface area contributed by atoms with E-state index < -0.39 is 101 Å². The number of hydrogen-bond donors (Lipinski definition) is 2. The first-order valence-electron chi connectivity index (χ1n) is 7.80. The molecule has 0 spiro atoms. The minimum atomic E-state index is -2.45. The van der Waals surface area contributed by atoms with Crippen LogP contribution in [0.1, 0.15) is 42.6 Å². The predicted octanol–water partition coefficient (Wildman–Crippen LogP) is 5.01. The van der Waals surface area contributed by atoms with Crippen LogP contribution < -0.4 is 0 Å². The van der Waals surface area contributed by atoms with Gasteiger partial charge in [-0.2, -0.15) is 0 Å². The molecule has 160 valence electrons. The van der Waals surface area contributed by atoms with Crippen molar-refractivity contribution in [2.75, 3.05) is 0 Å². The smallest absolute Gasteiger partial charge is 0.200 e. The fourth-order valence-corrected chi connectivity index (χ4v) is 2.62. The van der Waals surface area contributed by atoms with Crippen molar-refractivity contribution in [2.24, 2.45) is 0 Å². The van der Waals surface area contributed by atoms with Crippen LogP contribution in [0.15, 0.2) is 0 Å². The standard InChI is InChI=1S/C17H10F10O2/c18-8-6(9(19)13(23)16(26)12(8)22)4(28)2-1-3-5(29)7-10(20)14(24)17(27)15(25)11(7)21/h4-5,28-29H,1-3H2/t4-,5+. The number of aliphatic hydroxyl groups is 2. The van der Waals surface area contributed by atoms with Gasteiger partial charge >= 0.3 is 0 Å². The van der Waals surface area contributed by atoms with E-state index in [1.165, 1.54) is 0 Å². The summed E-state index contributed by atoms with van der Waals surface area (Å²) in [7, 11) is 0. The second-order valence-corrected chi connectivity index (χ2v) is 5.93. The highest BCUT2D eigenvalue weighted by Gasteiger charge is 2.31. The molecule has 0 unspecified atom stereocenters. The van der Waals surface area contributed by atoms with Crippen molar-refractivity contribution in [1.82, 2.24) is 0 Å². The first-order valence-corrected chi connectivity index (χ1v) is 7.80. The van der Waals surface area contributed by atoms with Crippen LogP contribution in [0.4, 0.5) is 43.9 Å². The Bertz CT molecular complexity index is 813.